The highest BCUT2D eigenvalue weighted by atomic mass is 19.1. The Morgan fingerprint density at radius 3 is 2.80 bits per heavy atom. The Balaban J connectivity index is 1.81. The van der Waals surface area contributed by atoms with Gasteiger partial charge in [0.25, 0.3) is 0 Å². The fourth-order valence-electron chi connectivity index (χ4n) is 3.72. The molecule has 0 unspecified atom stereocenters. The zero-order valence-electron chi connectivity index (χ0n) is 18.1. The van der Waals surface area contributed by atoms with E-state index < -0.39 is 0 Å². The molecule has 1 aliphatic heterocycles. The third-order valence-corrected chi connectivity index (χ3v) is 5.52. The van der Waals surface area contributed by atoms with Crippen LogP contribution in [0.3, 0.4) is 0 Å². The average molecular weight is 409 g/mol. The molecule has 3 N–H and O–H groups in total. The summed E-state index contributed by atoms with van der Waals surface area (Å²) in [5.41, 5.74) is 7.45. The minimum atomic E-state index is -0.251. The van der Waals surface area contributed by atoms with Gasteiger partial charge >= 0.3 is 0 Å². The standard InChI is InChI=1S/C25H33FN4/c1-3-5-6-7-8-24-19(4-2)13-16-30(24)18-21-10-9-20(17-23(21)26)25(27)29-22-11-14-28-15-12-22/h4,6-10,13,16-17,22,28H,3,5,11-12,14-15,18H2,1-2H3,(H2,27,29)/b7-6-,19-4-,24-8+. The number of amidine groups is 1. The zero-order chi connectivity index (χ0) is 21.3. The maximum atomic E-state index is 14.9. The zero-order valence-corrected chi connectivity index (χ0v) is 18.1. The average Bonchev–Trinajstić information content (AvgIpc) is 3.14. The van der Waals surface area contributed by atoms with Crippen molar-refractivity contribution >= 4 is 18.0 Å². The lowest BCUT2D eigenvalue weighted by Gasteiger charge is -2.19. The molecule has 160 valence electrons. The third-order valence-electron chi connectivity index (χ3n) is 5.52. The van der Waals surface area contributed by atoms with Crippen LogP contribution in [0.2, 0.25) is 0 Å². The number of nitrogens with two attached hydrogens (primary N) is 1. The Labute approximate surface area is 178 Å². The van der Waals surface area contributed by atoms with Crippen molar-refractivity contribution in [1.29, 1.82) is 0 Å². The summed E-state index contributed by atoms with van der Waals surface area (Å²) in [6.07, 6.45) is 14.5. The predicted molar refractivity (Wildman–Crippen MR) is 124 cm³/mol. The Kier molecular flexibility index (Phi) is 8.03. The highest BCUT2D eigenvalue weighted by molar-refractivity contribution is 5.97. The Hall–Kier alpha value is -2.66. The molecule has 1 saturated heterocycles. The van der Waals surface area contributed by atoms with E-state index in [4.69, 9.17) is 5.73 Å². The molecular formula is C25H33FN4. The molecule has 0 radical (unpaired) electrons. The van der Waals surface area contributed by atoms with Crippen molar-refractivity contribution in [3.8, 4) is 0 Å². The van der Waals surface area contributed by atoms with Crippen LogP contribution in [-0.4, -0.2) is 29.5 Å². The molecule has 1 aromatic heterocycles. The number of hydrogen-bond acceptors (Lipinski definition) is 2. The fraction of sp³-hybridized carbons (Fsp3) is 0.400. The van der Waals surface area contributed by atoms with Crippen molar-refractivity contribution in [2.75, 3.05) is 13.1 Å². The number of aliphatic imine (C=N–C) groups is 1. The highest BCUT2D eigenvalue weighted by Crippen LogP contribution is 2.14. The van der Waals surface area contributed by atoms with E-state index in [2.05, 4.69) is 52.2 Å². The minimum Gasteiger partial charge on any atom is -0.383 e. The van der Waals surface area contributed by atoms with Crippen molar-refractivity contribution in [1.82, 2.24) is 9.88 Å². The first-order valence-corrected chi connectivity index (χ1v) is 10.9. The van der Waals surface area contributed by atoms with Crippen LogP contribution < -0.4 is 21.6 Å². The Morgan fingerprint density at radius 1 is 1.30 bits per heavy atom. The van der Waals surface area contributed by atoms with E-state index in [9.17, 15) is 4.39 Å². The van der Waals surface area contributed by atoms with Gasteiger partial charge in [-0.15, -0.1) is 0 Å². The normalized spacial score (nSPS) is 17.4. The van der Waals surface area contributed by atoms with E-state index in [1.54, 1.807) is 0 Å². The monoisotopic (exact) mass is 408 g/mol. The number of nitrogens with one attached hydrogen (secondary N) is 1. The number of aromatic nitrogens is 1. The molecule has 2 heterocycles. The van der Waals surface area contributed by atoms with Crippen LogP contribution in [0, 0.1) is 5.82 Å². The summed E-state index contributed by atoms with van der Waals surface area (Å²) >= 11 is 0. The topological polar surface area (TPSA) is 55.3 Å². The van der Waals surface area contributed by atoms with Gasteiger partial charge in [0.05, 0.1) is 12.6 Å². The largest absolute Gasteiger partial charge is 0.383 e. The lowest BCUT2D eigenvalue weighted by atomic mass is 10.1. The second-order valence-corrected chi connectivity index (χ2v) is 7.76. The van der Waals surface area contributed by atoms with E-state index in [1.165, 1.54) is 6.07 Å². The second-order valence-electron chi connectivity index (χ2n) is 7.76. The lowest BCUT2D eigenvalue weighted by Crippen LogP contribution is -2.31. The molecule has 0 spiro atoms. The molecule has 1 aromatic carbocycles. The van der Waals surface area contributed by atoms with Gasteiger partial charge < -0.3 is 15.6 Å². The lowest BCUT2D eigenvalue weighted by molar-refractivity contribution is 0.459. The first-order valence-electron chi connectivity index (χ1n) is 10.9. The minimum absolute atomic E-state index is 0.219. The van der Waals surface area contributed by atoms with Gasteiger partial charge in [-0.1, -0.05) is 43.7 Å². The summed E-state index contributed by atoms with van der Waals surface area (Å²) in [7, 11) is 0. The van der Waals surface area contributed by atoms with Crippen LogP contribution in [0.15, 0.2) is 47.6 Å². The molecule has 4 nitrogen and oxygen atoms in total. The van der Waals surface area contributed by atoms with Crippen molar-refractivity contribution in [2.45, 2.75) is 52.1 Å². The van der Waals surface area contributed by atoms with E-state index >= 15 is 0 Å². The van der Waals surface area contributed by atoms with Crippen LogP contribution in [0.25, 0.3) is 12.2 Å². The number of piperidine rings is 1. The molecule has 30 heavy (non-hydrogen) atoms. The number of benzene rings is 1. The van der Waals surface area contributed by atoms with Crippen molar-refractivity contribution < 1.29 is 4.39 Å². The Morgan fingerprint density at radius 2 is 2.10 bits per heavy atom. The van der Waals surface area contributed by atoms with Gasteiger partial charge in [0, 0.05) is 22.7 Å². The molecule has 1 fully saturated rings. The first-order chi connectivity index (χ1) is 14.6. The maximum absolute atomic E-state index is 14.9. The van der Waals surface area contributed by atoms with Crippen LogP contribution in [0.1, 0.15) is 50.7 Å². The molecule has 0 aliphatic carbocycles. The van der Waals surface area contributed by atoms with Gasteiger partial charge in [0.15, 0.2) is 0 Å². The molecule has 0 saturated carbocycles. The molecular weight excluding hydrogens is 375 g/mol. The Bertz CT molecular complexity index is 1010. The second kappa shape index (κ2) is 10.9. The van der Waals surface area contributed by atoms with Crippen molar-refractivity contribution in [2.24, 2.45) is 10.7 Å². The number of rotatable bonds is 7. The third kappa shape index (κ3) is 5.70. The molecule has 0 amide bonds. The SMILES string of the molecule is C/C=c1/ccn(Cc2ccc(C(N)=NC3CCNCC3)cc2F)/c1=C/C=C\CCC. The summed E-state index contributed by atoms with van der Waals surface area (Å²) in [4.78, 5) is 4.60. The predicted octanol–water partition coefficient (Wildman–Crippen LogP) is 3.07. The van der Waals surface area contributed by atoms with Gasteiger partial charge in [-0.05, 0) is 62.7 Å². The summed E-state index contributed by atoms with van der Waals surface area (Å²) in [6, 6.07) is 7.49. The van der Waals surface area contributed by atoms with Gasteiger partial charge in [-0.25, -0.2) is 4.39 Å². The van der Waals surface area contributed by atoms with Gasteiger partial charge in [0.1, 0.15) is 11.7 Å². The van der Waals surface area contributed by atoms with E-state index in [0.717, 1.165) is 49.3 Å². The molecule has 2 aromatic rings. The smallest absolute Gasteiger partial charge is 0.128 e. The quantitative estimate of drug-likeness (QED) is 0.546. The fourth-order valence-corrected chi connectivity index (χ4v) is 3.72. The van der Waals surface area contributed by atoms with E-state index in [-0.39, 0.29) is 11.9 Å². The van der Waals surface area contributed by atoms with Crippen molar-refractivity contribution in [3.63, 3.8) is 0 Å². The number of hydrogen-bond donors (Lipinski definition) is 2. The highest BCUT2D eigenvalue weighted by Gasteiger charge is 2.13. The summed E-state index contributed by atoms with van der Waals surface area (Å²) in [6.45, 7) is 6.56. The molecule has 0 atom stereocenters. The van der Waals surface area contributed by atoms with Crippen LogP contribution in [0.5, 0.6) is 0 Å². The van der Waals surface area contributed by atoms with E-state index in [1.807, 2.05) is 25.3 Å². The summed E-state index contributed by atoms with van der Waals surface area (Å²) in [5, 5.41) is 5.54. The van der Waals surface area contributed by atoms with Gasteiger partial charge in [-0.3, -0.25) is 4.99 Å². The van der Waals surface area contributed by atoms with Crippen molar-refractivity contribution in [3.05, 3.63) is 70.1 Å². The number of allylic oxidation sites excluding steroid dienone is 2. The molecule has 5 heteroatoms. The first kappa shape index (κ1) is 22.0. The number of nitrogens with zero attached hydrogens (tertiary/aromatic N) is 2. The maximum Gasteiger partial charge on any atom is 0.128 e. The molecule has 0 bridgehead atoms. The van der Waals surface area contributed by atoms with Crippen LogP contribution in [0.4, 0.5) is 4.39 Å². The summed E-state index contributed by atoms with van der Waals surface area (Å²) in [5.74, 6) is 0.172. The number of halogens is 1. The van der Waals surface area contributed by atoms with Crippen LogP contribution >= 0.6 is 0 Å². The summed E-state index contributed by atoms with van der Waals surface area (Å²) < 4.78 is 17.0. The van der Waals surface area contributed by atoms with Gasteiger partial charge in [-0.2, -0.15) is 0 Å². The molecule has 1 aliphatic rings. The number of unbranched alkanes of at least 4 members (excludes halogenated alkanes) is 1. The van der Waals surface area contributed by atoms with E-state index in [0.29, 0.717) is 23.5 Å². The van der Waals surface area contributed by atoms with Gasteiger partial charge in [0.2, 0.25) is 0 Å². The van der Waals surface area contributed by atoms with Crippen LogP contribution in [-0.2, 0) is 6.54 Å². The molecule has 3 rings (SSSR count).